The highest BCUT2D eigenvalue weighted by Gasteiger charge is 2.21. The Labute approximate surface area is 127 Å². The van der Waals surface area contributed by atoms with Gasteiger partial charge in [0.05, 0.1) is 0 Å². The van der Waals surface area contributed by atoms with E-state index in [1.54, 1.807) is 14.1 Å². The molecule has 0 saturated carbocycles. The first-order valence-electron chi connectivity index (χ1n) is 6.38. The van der Waals surface area contributed by atoms with Crippen LogP contribution in [0.5, 0.6) is 0 Å². The molecule has 0 aliphatic heterocycles. The minimum absolute atomic E-state index is 0.307. The lowest BCUT2D eigenvalue weighted by Crippen LogP contribution is -2.28. The number of hydrogen-bond donors (Lipinski definition) is 2. The number of nitrogens with zero attached hydrogens (tertiary/aromatic N) is 2. The van der Waals surface area contributed by atoms with Gasteiger partial charge in [0.2, 0.25) is 0 Å². The first kappa shape index (κ1) is 16.8. The molecule has 0 aliphatic rings. The normalized spacial score (nSPS) is 10.3. The summed E-state index contributed by atoms with van der Waals surface area (Å²) in [5, 5.41) is 3.66. The minimum Gasteiger partial charge on any atom is -0.365 e. The molecule has 0 fully saturated rings. The van der Waals surface area contributed by atoms with Gasteiger partial charge in [-0.2, -0.15) is 4.37 Å². The number of unbranched alkanes of at least 4 members (excludes halogenated alkanes) is 2. The number of primary amides is 1. The summed E-state index contributed by atoms with van der Waals surface area (Å²) in [6.45, 7) is 2.14. The van der Waals surface area contributed by atoms with Crippen LogP contribution in [0.2, 0.25) is 0 Å². The molecule has 1 aromatic rings. The number of nitrogens with one attached hydrogen (secondary N) is 1. The van der Waals surface area contributed by atoms with Crippen LogP contribution in [0.15, 0.2) is 5.03 Å². The molecule has 0 bridgehead atoms. The van der Waals surface area contributed by atoms with E-state index in [1.807, 2.05) is 0 Å². The second-order valence-electron chi connectivity index (χ2n) is 4.44. The quantitative estimate of drug-likeness (QED) is 0.598. The number of carbonyl (C=O) groups is 2. The number of rotatable bonds is 7. The van der Waals surface area contributed by atoms with Crippen molar-refractivity contribution in [3.63, 3.8) is 0 Å². The maximum Gasteiger partial charge on any atom is 0.321 e. The van der Waals surface area contributed by atoms with Gasteiger partial charge < -0.3 is 10.6 Å². The zero-order chi connectivity index (χ0) is 15.1. The molecule has 3 N–H and O–H groups in total. The number of aromatic nitrogens is 1. The van der Waals surface area contributed by atoms with Crippen molar-refractivity contribution in [2.75, 3.05) is 25.2 Å². The Kier molecular flexibility index (Phi) is 6.80. The third-order valence-electron chi connectivity index (χ3n) is 2.52. The predicted molar refractivity (Wildman–Crippen MR) is 83.6 cm³/mol. The molecule has 6 nitrogen and oxygen atoms in total. The monoisotopic (exact) mass is 316 g/mol. The van der Waals surface area contributed by atoms with E-state index in [4.69, 9.17) is 5.73 Å². The molecule has 112 valence electrons. The van der Waals surface area contributed by atoms with E-state index in [1.165, 1.54) is 16.7 Å². The van der Waals surface area contributed by atoms with Gasteiger partial charge in [-0.3, -0.25) is 10.1 Å². The molecule has 0 aromatic carbocycles. The first-order chi connectivity index (χ1) is 9.47. The van der Waals surface area contributed by atoms with Crippen molar-refractivity contribution in [3.05, 3.63) is 5.56 Å². The molecule has 0 aliphatic carbocycles. The van der Waals surface area contributed by atoms with Gasteiger partial charge in [-0.1, -0.05) is 19.8 Å². The first-order valence-corrected chi connectivity index (χ1v) is 8.13. The number of anilines is 1. The standard InChI is InChI=1S/C12H20N4O2S2/c1-4-5-6-7-19-11-8(9(13)17)10(20-15-11)14-12(18)16(2)3/h4-7H2,1-3H3,(H2,13,17)(H,14,18). The number of urea groups is 1. The molecule has 0 atom stereocenters. The van der Waals surface area contributed by atoms with Gasteiger partial charge in [-0.05, 0) is 23.7 Å². The van der Waals surface area contributed by atoms with Crippen molar-refractivity contribution in [3.8, 4) is 0 Å². The zero-order valence-electron chi connectivity index (χ0n) is 11.9. The van der Waals surface area contributed by atoms with Crippen molar-refractivity contribution in [1.82, 2.24) is 9.27 Å². The Hall–Kier alpha value is -1.28. The van der Waals surface area contributed by atoms with E-state index in [0.717, 1.165) is 36.5 Å². The number of hydrogen-bond acceptors (Lipinski definition) is 5. The van der Waals surface area contributed by atoms with E-state index >= 15 is 0 Å². The molecule has 1 rings (SSSR count). The zero-order valence-corrected chi connectivity index (χ0v) is 13.6. The molecule has 0 saturated heterocycles. The highest BCUT2D eigenvalue weighted by Crippen LogP contribution is 2.32. The van der Waals surface area contributed by atoms with E-state index < -0.39 is 5.91 Å². The van der Waals surface area contributed by atoms with Crippen molar-refractivity contribution in [2.45, 2.75) is 31.2 Å². The molecular weight excluding hydrogens is 296 g/mol. The number of carbonyl (C=O) groups excluding carboxylic acids is 2. The smallest absolute Gasteiger partial charge is 0.321 e. The summed E-state index contributed by atoms with van der Waals surface area (Å²) in [7, 11) is 3.25. The Morgan fingerprint density at radius 2 is 2.10 bits per heavy atom. The lowest BCUT2D eigenvalue weighted by Gasteiger charge is -2.11. The van der Waals surface area contributed by atoms with Crippen molar-refractivity contribution >= 4 is 40.2 Å². The van der Waals surface area contributed by atoms with Gasteiger partial charge >= 0.3 is 6.03 Å². The molecule has 20 heavy (non-hydrogen) atoms. The average molecular weight is 316 g/mol. The Morgan fingerprint density at radius 1 is 1.40 bits per heavy atom. The van der Waals surface area contributed by atoms with Crippen LogP contribution in [0.25, 0.3) is 0 Å². The molecule has 3 amide bonds. The van der Waals surface area contributed by atoms with Crippen LogP contribution in [0, 0.1) is 0 Å². The Bertz CT molecular complexity index is 474. The van der Waals surface area contributed by atoms with Crippen molar-refractivity contribution in [2.24, 2.45) is 5.73 Å². The van der Waals surface area contributed by atoms with Gasteiger partial charge in [0.15, 0.2) is 0 Å². The predicted octanol–water partition coefficient (Wildman–Crippen LogP) is 2.62. The fourth-order valence-electron chi connectivity index (χ4n) is 1.41. The van der Waals surface area contributed by atoms with E-state index in [-0.39, 0.29) is 6.03 Å². The third-order valence-corrected chi connectivity index (χ3v) is 4.46. The van der Waals surface area contributed by atoms with E-state index in [0.29, 0.717) is 15.6 Å². The van der Waals surface area contributed by atoms with Crippen LogP contribution in [0.3, 0.4) is 0 Å². The van der Waals surface area contributed by atoms with Crippen LogP contribution in [-0.2, 0) is 0 Å². The highest BCUT2D eigenvalue weighted by atomic mass is 32.2. The van der Waals surface area contributed by atoms with Crippen molar-refractivity contribution < 1.29 is 9.59 Å². The molecule has 8 heteroatoms. The van der Waals surface area contributed by atoms with Gasteiger partial charge in [-0.25, -0.2) is 4.79 Å². The number of thioether (sulfide) groups is 1. The van der Waals surface area contributed by atoms with E-state index in [9.17, 15) is 9.59 Å². The lowest BCUT2D eigenvalue weighted by atomic mass is 10.3. The summed E-state index contributed by atoms with van der Waals surface area (Å²) in [4.78, 5) is 24.6. The van der Waals surface area contributed by atoms with E-state index in [2.05, 4.69) is 16.6 Å². The average Bonchev–Trinajstić information content (AvgIpc) is 2.77. The van der Waals surface area contributed by atoms with Crippen LogP contribution >= 0.6 is 23.3 Å². The number of nitrogens with two attached hydrogens (primary N) is 1. The summed E-state index contributed by atoms with van der Waals surface area (Å²) in [6, 6.07) is -0.307. The fraction of sp³-hybridized carbons (Fsp3) is 0.583. The Balaban J connectivity index is 2.79. The van der Waals surface area contributed by atoms with Crippen LogP contribution < -0.4 is 11.1 Å². The lowest BCUT2D eigenvalue weighted by molar-refractivity contribution is 0.0998. The summed E-state index contributed by atoms with van der Waals surface area (Å²) < 4.78 is 4.22. The largest absolute Gasteiger partial charge is 0.365 e. The van der Waals surface area contributed by atoms with Gasteiger partial charge in [-0.15, -0.1) is 11.8 Å². The van der Waals surface area contributed by atoms with Crippen LogP contribution in [0.4, 0.5) is 9.80 Å². The van der Waals surface area contributed by atoms with Crippen LogP contribution in [-0.4, -0.2) is 41.1 Å². The van der Waals surface area contributed by atoms with Gasteiger partial charge in [0.1, 0.15) is 15.6 Å². The molecular formula is C12H20N4O2S2. The molecule has 1 heterocycles. The second-order valence-corrected chi connectivity index (χ2v) is 6.29. The van der Waals surface area contributed by atoms with Gasteiger partial charge in [0.25, 0.3) is 5.91 Å². The topological polar surface area (TPSA) is 88.3 Å². The summed E-state index contributed by atoms with van der Waals surface area (Å²) in [6.07, 6.45) is 3.36. The maximum atomic E-state index is 11.6. The fourth-order valence-corrected chi connectivity index (χ4v) is 3.37. The van der Waals surface area contributed by atoms with Crippen molar-refractivity contribution in [1.29, 1.82) is 0 Å². The molecule has 0 radical (unpaired) electrons. The summed E-state index contributed by atoms with van der Waals surface area (Å²) in [5.74, 6) is 0.324. The highest BCUT2D eigenvalue weighted by molar-refractivity contribution is 7.99. The molecule has 0 spiro atoms. The third kappa shape index (κ3) is 4.68. The summed E-state index contributed by atoms with van der Waals surface area (Å²) >= 11 is 2.59. The summed E-state index contributed by atoms with van der Waals surface area (Å²) in [5.41, 5.74) is 5.70. The SMILES string of the molecule is CCCCCSc1nsc(NC(=O)N(C)C)c1C(N)=O. The van der Waals surface area contributed by atoms with Gasteiger partial charge in [0, 0.05) is 14.1 Å². The maximum absolute atomic E-state index is 11.6. The molecule has 1 aromatic heterocycles. The second kappa shape index (κ2) is 8.11. The molecule has 0 unspecified atom stereocenters. The van der Waals surface area contributed by atoms with Crippen LogP contribution in [0.1, 0.15) is 36.5 Å². The number of amides is 3. The minimum atomic E-state index is -0.564. The Morgan fingerprint density at radius 3 is 2.65 bits per heavy atom.